The molecule has 2 aromatic heterocycles. The third-order valence-electron chi connectivity index (χ3n) is 6.62. The van der Waals surface area contributed by atoms with Crippen molar-refractivity contribution < 1.29 is 24.4 Å². The number of thioether (sulfide) groups is 1. The summed E-state index contributed by atoms with van der Waals surface area (Å²) in [6.07, 6.45) is 6.44. The molecule has 8 nitrogen and oxygen atoms in total. The zero-order valence-corrected chi connectivity index (χ0v) is 18.7. The second kappa shape index (κ2) is 7.08. The highest BCUT2D eigenvalue weighted by Gasteiger charge is 2.60. The number of carboxylic acid groups (broad SMARTS) is 1. The number of aliphatic hydroxyl groups excluding tert-OH is 1. The number of aliphatic hydroxyl groups is 1. The Morgan fingerprint density at radius 3 is 2.83 bits per heavy atom. The monoisotopic (exact) mass is 449 g/mol. The van der Waals surface area contributed by atoms with E-state index in [9.17, 15) is 19.8 Å². The van der Waals surface area contributed by atoms with Crippen LogP contribution in [0.15, 0.2) is 23.2 Å². The van der Waals surface area contributed by atoms with Crippen molar-refractivity contribution >= 4 is 45.4 Å². The Morgan fingerprint density at radius 1 is 1.47 bits per heavy atom. The number of amides is 1. The molecule has 0 aliphatic carbocycles. The molecule has 3 aliphatic heterocycles. The van der Waals surface area contributed by atoms with E-state index in [1.54, 1.807) is 30.0 Å². The predicted octanol–water partition coefficient (Wildman–Crippen LogP) is 1.20. The zero-order chi connectivity index (χ0) is 21.3. The summed E-state index contributed by atoms with van der Waals surface area (Å²) in [5.41, 5.74) is 0.760. The van der Waals surface area contributed by atoms with Gasteiger partial charge in [-0.25, -0.2) is 9.36 Å². The third kappa shape index (κ3) is 2.63. The number of aliphatic carboxylic acids is 1. The van der Waals surface area contributed by atoms with Crippen molar-refractivity contribution in [1.82, 2.24) is 14.6 Å². The van der Waals surface area contributed by atoms with Crippen LogP contribution in [0.1, 0.15) is 31.2 Å². The molecule has 0 spiro atoms. The summed E-state index contributed by atoms with van der Waals surface area (Å²) in [5.74, 6) is -2.09. The fourth-order valence-corrected chi connectivity index (χ4v) is 7.48. The standard InChI is InChI=1S/C20H24N4O4S2/c1-9-13(16(20(27)28)24-15(9)14(10(2)25)17(24)26)12-7-22-8-23(11-4-5-21-6-11)19(29-3)18(22)30-12/h7-11,14-15,21,25H,4-6H2,1-3H3/p+1/t9-,10+,11-,14+,15+/m0/s1. The molecule has 5 rings (SSSR count). The van der Waals surface area contributed by atoms with Crippen molar-refractivity contribution in [2.24, 2.45) is 11.8 Å². The van der Waals surface area contributed by atoms with Crippen LogP contribution >= 0.6 is 23.1 Å². The number of fused-ring (bicyclic) bond motifs is 2. The van der Waals surface area contributed by atoms with E-state index >= 15 is 0 Å². The Kier molecular flexibility index (Phi) is 4.73. The number of nitrogens with zero attached hydrogens (tertiary/aromatic N) is 3. The summed E-state index contributed by atoms with van der Waals surface area (Å²) in [7, 11) is 0. The number of aromatic nitrogens is 2. The van der Waals surface area contributed by atoms with Gasteiger partial charge in [-0.1, -0.05) is 30.0 Å². The minimum absolute atomic E-state index is 0.0671. The predicted molar refractivity (Wildman–Crippen MR) is 113 cm³/mol. The SMILES string of the molecule is CSc1c2sc(C3=C(C(=O)O)N4C(=O)[C@H]([C@@H](C)O)[C@H]4[C@H]3C)cn2c[n+]1[C@H]1CCNC1. The van der Waals surface area contributed by atoms with Crippen LogP contribution in [-0.4, -0.2) is 62.9 Å². The molecule has 1 amide bonds. The number of nitrogens with one attached hydrogen (secondary N) is 1. The summed E-state index contributed by atoms with van der Waals surface area (Å²) in [4.78, 5) is 28.0. The summed E-state index contributed by atoms with van der Waals surface area (Å²) >= 11 is 3.27. The van der Waals surface area contributed by atoms with Gasteiger partial charge < -0.3 is 20.4 Å². The van der Waals surface area contributed by atoms with E-state index in [-0.39, 0.29) is 23.6 Å². The minimum Gasteiger partial charge on any atom is -0.477 e. The van der Waals surface area contributed by atoms with Crippen molar-refractivity contribution in [3.63, 3.8) is 0 Å². The highest BCUT2D eigenvalue weighted by molar-refractivity contribution is 7.98. The highest BCUT2D eigenvalue weighted by Crippen LogP contribution is 2.51. The fourth-order valence-electron chi connectivity index (χ4n) is 5.25. The third-order valence-corrected chi connectivity index (χ3v) is 8.69. The Hall–Kier alpha value is -1.88. The molecule has 10 heteroatoms. The average molecular weight is 450 g/mol. The Labute approximate surface area is 182 Å². The van der Waals surface area contributed by atoms with Gasteiger partial charge in [-0.15, -0.1) is 0 Å². The van der Waals surface area contributed by atoms with E-state index in [0.717, 1.165) is 29.2 Å². The lowest BCUT2D eigenvalue weighted by atomic mass is 9.77. The minimum atomic E-state index is -1.09. The van der Waals surface area contributed by atoms with Crippen molar-refractivity contribution in [3.05, 3.63) is 23.1 Å². The molecule has 2 aromatic rings. The Bertz CT molecular complexity index is 1080. The summed E-state index contributed by atoms with van der Waals surface area (Å²) < 4.78 is 4.39. The van der Waals surface area contributed by atoms with E-state index in [1.165, 1.54) is 9.93 Å². The van der Waals surface area contributed by atoms with Gasteiger partial charge in [0.25, 0.3) is 6.33 Å². The van der Waals surface area contributed by atoms with Crippen LogP contribution in [0, 0.1) is 11.8 Å². The van der Waals surface area contributed by atoms with E-state index in [2.05, 4.69) is 26.9 Å². The van der Waals surface area contributed by atoms with Crippen molar-refractivity contribution in [1.29, 1.82) is 0 Å². The molecule has 0 saturated carbocycles. The van der Waals surface area contributed by atoms with Gasteiger partial charge in [0.1, 0.15) is 17.9 Å². The molecular formula is C20H25N4O4S2+. The maximum atomic E-state index is 12.6. The quantitative estimate of drug-likeness (QED) is 0.361. The second-order valence-electron chi connectivity index (χ2n) is 8.31. The maximum Gasteiger partial charge on any atom is 0.352 e. The molecule has 30 heavy (non-hydrogen) atoms. The lowest BCUT2D eigenvalue weighted by Crippen LogP contribution is -2.63. The van der Waals surface area contributed by atoms with Gasteiger partial charge >= 0.3 is 5.97 Å². The van der Waals surface area contributed by atoms with E-state index in [1.807, 2.05) is 13.1 Å². The number of carbonyl (C=O) groups is 2. The van der Waals surface area contributed by atoms with Gasteiger partial charge in [0, 0.05) is 24.5 Å². The lowest BCUT2D eigenvalue weighted by Gasteiger charge is -2.46. The van der Waals surface area contributed by atoms with Crippen LogP contribution in [0.2, 0.25) is 0 Å². The molecule has 2 saturated heterocycles. The Morgan fingerprint density at radius 2 is 2.23 bits per heavy atom. The molecule has 3 aliphatic rings. The normalized spacial score (nSPS) is 29.6. The molecule has 0 aromatic carbocycles. The highest BCUT2D eigenvalue weighted by atomic mass is 32.2. The fraction of sp³-hybridized carbons (Fsp3) is 0.550. The number of carbonyl (C=O) groups excluding carboxylic acids is 1. The molecule has 5 atom stereocenters. The second-order valence-corrected chi connectivity index (χ2v) is 10.1. The average Bonchev–Trinajstić information content (AvgIpc) is 3.42. The number of β-lactam (4-membered cyclic amide) rings is 1. The molecule has 5 heterocycles. The number of carboxylic acids is 1. The van der Waals surface area contributed by atoms with E-state index < -0.39 is 18.0 Å². The maximum absolute atomic E-state index is 12.6. The van der Waals surface area contributed by atoms with Crippen LogP contribution in [0.25, 0.3) is 10.4 Å². The molecule has 0 bridgehead atoms. The van der Waals surface area contributed by atoms with Gasteiger partial charge in [0.15, 0.2) is 0 Å². The van der Waals surface area contributed by atoms with Gasteiger partial charge in [-0.2, -0.15) is 4.40 Å². The van der Waals surface area contributed by atoms with Crippen LogP contribution in [-0.2, 0) is 9.59 Å². The number of rotatable bonds is 5. The number of hydrogen-bond donors (Lipinski definition) is 3. The molecule has 0 unspecified atom stereocenters. The number of imidazole rings is 1. The van der Waals surface area contributed by atoms with Crippen LogP contribution in [0.3, 0.4) is 0 Å². The molecular weight excluding hydrogens is 424 g/mol. The first kappa shape index (κ1) is 20.0. The van der Waals surface area contributed by atoms with Gasteiger partial charge in [-0.05, 0) is 19.7 Å². The first-order chi connectivity index (χ1) is 14.3. The molecule has 0 radical (unpaired) electrons. The largest absolute Gasteiger partial charge is 0.477 e. The molecule has 2 fully saturated rings. The van der Waals surface area contributed by atoms with Crippen molar-refractivity contribution in [3.8, 4) is 0 Å². The summed E-state index contributed by atoms with van der Waals surface area (Å²) in [6.45, 7) is 5.53. The Balaban J connectivity index is 1.60. The van der Waals surface area contributed by atoms with Crippen LogP contribution < -0.4 is 9.88 Å². The van der Waals surface area contributed by atoms with Crippen LogP contribution in [0.5, 0.6) is 0 Å². The van der Waals surface area contributed by atoms with Gasteiger partial charge in [0.05, 0.1) is 22.9 Å². The van der Waals surface area contributed by atoms with Crippen molar-refractivity contribution in [2.75, 3.05) is 19.3 Å². The van der Waals surface area contributed by atoms with Gasteiger partial charge in [-0.3, -0.25) is 4.79 Å². The molecule has 3 N–H and O–H groups in total. The summed E-state index contributed by atoms with van der Waals surface area (Å²) in [5, 5.41) is 24.5. The molecule has 160 valence electrons. The topological polar surface area (TPSA) is 98.2 Å². The smallest absolute Gasteiger partial charge is 0.352 e. The lowest BCUT2D eigenvalue weighted by molar-refractivity contribution is -0.750. The first-order valence-corrected chi connectivity index (χ1v) is 12.2. The van der Waals surface area contributed by atoms with E-state index in [4.69, 9.17) is 0 Å². The van der Waals surface area contributed by atoms with Gasteiger partial charge in [0.2, 0.25) is 15.8 Å². The van der Waals surface area contributed by atoms with E-state index in [0.29, 0.717) is 11.6 Å². The first-order valence-electron chi connectivity index (χ1n) is 10.1. The number of thiazole rings is 1. The van der Waals surface area contributed by atoms with Crippen molar-refractivity contribution in [2.45, 2.75) is 43.5 Å². The zero-order valence-electron chi connectivity index (χ0n) is 17.0. The summed E-state index contributed by atoms with van der Waals surface area (Å²) in [6, 6.07) is 0.128. The van der Waals surface area contributed by atoms with Crippen LogP contribution in [0.4, 0.5) is 0 Å². The number of hydrogen-bond acceptors (Lipinski definition) is 6.